The molecule has 0 aromatic heterocycles. The molecule has 2 spiro atoms. The topological polar surface area (TPSA) is 148 Å². The maximum absolute atomic E-state index is 14.8. The third-order valence-electron chi connectivity index (χ3n) is 11.0. The molecule has 2 aromatic rings. The van der Waals surface area contributed by atoms with Crippen LogP contribution in [0.3, 0.4) is 0 Å². The van der Waals surface area contributed by atoms with Gasteiger partial charge in [0.2, 0.25) is 23.0 Å². The zero-order chi connectivity index (χ0) is 38.0. The summed E-state index contributed by atoms with van der Waals surface area (Å²) >= 11 is 0. The fourth-order valence-electron chi connectivity index (χ4n) is 8.86. The van der Waals surface area contributed by atoms with Crippen LogP contribution in [-0.2, 0) is 58.8 Å². The second kappa shape index (κ2) is 15.4. The standard InChI is InChI=1S/C42H48N2O10/c1-5-49-37(45)31-33(39(47)51-7-3)41(53-35(31)43-26-19-11-9-12-20-26)28-23-15-17-25-18-16-24-29(30(25)28)42(41)34(40(48)52-8-4)32(38(46)50-6-2)36(54-42)44-27-21-13-10-14-22-27/h15-18,23-24,26-27H,5-14,19-22H2,1-4H3/t41-,42-/m0/s1. The molecule has 0 amide bonds. The average molecular weight is 741 g/mol. The molecular weight excluding hydrogens is 692 g/mol. The van der Waals surface area contributed by atoms with E-state index in [-0.39, 0.29) is 72.6 Å². The molecule has 0 saturated heterocycles. The smallest absolute Gasteiger partial charge is 0.344 e. The third kappa shape index (κ3) is 5.88. The lowest BCUT2D eigenvalue weighted by atomic mass is 9.70. The van der Waals surface area contributed by atoms with Crippen molar-refractivity contribution >= 4 is 46.4 Å². The summed E-state index contributed by atoms with van der Waals surface area (Å²) in [5.41, 5.74) is -4.39. The number of fused-ring (bicyclic) bond motifs is 3. The summed E-state index contributed by atoms with van der Waals surface area (Å²) in [5, 5.41) is 1.35. The number of aliphatic imine (C=N–C) groups is 2. The number of ether oxygens (including phenoxy) is 6. The van der Waals surface area contributed by atoms with Crippen LogP contribution in [0.15, 0.2) is 68.7 Å². The van der Waals surface area contributed by atoms with E-state index in [1.54, 1.807) is 52.0 Å². The Labute approximate surface area is 315 Å². The molecule has 12 nitrogen and oxygen atoms in total. The van der Waals surface area contributed by atoms with Crippen molar-refractivity contribution in [3.05, 3.63) is 69.8 Å². The number of benzene rings is 2. The fraction of sp³-hybridized carbons (Fsp3) is 0.524. The Kier molecular flexibility index (Phi) is 10.6. The van der Waals surface area contributed by atoms with Gasteiger partial charge >= 0.3 is 23.9 Å². The number of hydrogen-bond acceptors (Lipinski definition) is 12. The Morgan fingerprint density at radius 2 is 0.944 bits per heavy atom. The molecule has 2 heterocycles. The quantitative estimate of drug-likeness (QED) is 0.192. The number of rotatable bonds is 10. The van der Waals surface area contributed by atoms with Gasteiger partial charge in [0, 0.05) is 11.1 Å². The van der Waals surface area contributed by atoms with Gasteiger partial charge in [0.25, 0.3) is 0 Å². The van der Waals surface area contributed by atoms with Gasteiger partial charge in [-0.05, 0) is 64.2 Å². The molecule has 0 unspecified atom stereocenters. The van der Waals surface area contributed by atoms with Gasteiger partial charge in [-0.2, -0.15) is 0 Å². The van der Waals surface area contributed by atoms with E-state index in [4.69, 9.17) is 38.4 Å². The Morgan fingerprint density at radius 3 is 1.31 bits per heavy atom. The van der Waals surface area contributed by atoms with Crippen molar-refractivity contribution in [3.63, 3.8) is 0 Å². The van der Waals surface area contributed by atoms with Crippen molar-refractivity contribution in [3.8, 4) is 0 Å². The molecule has 2 saturated carbocycles. The second-order valence-electron chi connectivity index (χ2n) is 14.1. The minimum absolute atomic E-state index is 0.00121. The lowest BCUT2D eigenvalue weighted by Gasteiger charge is -2.42. The summed E-state index contributed by atoms with van der Waals surface area (Å²) in [6.45, 7) is 6.56. The summed E-state index contributed by atoms with van der Waals surface area (Å²) in [4.78, 5) is 68.2. The van der Waals surface area contributed by atoms with Crippen molar-refractivity contribution in [1.29, 1.82) is 0 Å². The normalized spacial score (nSPS) is 25.5. The molecule has 7 rings (SSSR count). The number of carbonyl (C=O) groups excluding carboxylic acids is 4. The van der Waals surface area contributed by atoms with E-state index in [0.29, 0.717) is 16.5 Å². The van der Waals surface area contributed by atoms with Gasteiger partial charge in [-0.25, -0.2) is 29.2 Å². The highest BCUT2D eigenvalue weighted by Gasteiger charge is 2.77. The molecule has 0 N–H and O–H groups in total. The number of carbonyl (C=O) groups is 4. The SMILES string of the molecule is CCOC(=O)C1=C(C(=O)OCC)[C@@]2(OC1=NC1CCCCC1)c1cccc3cccc(c13)[C@@]21OC(=NC2CCCCC2)C(C(=O)OCC)=C1C(=O)OCC. The van der Waals surface area contributed by atoms with E-state index in [0.717, 1.165) is 69.6 Å². The van der Waals surface area contributed by atoms with Crippen molar-refractivity contribution in [2.75, 3.05) is 26.4 Å². The predicted molar refractivity (Wildman–Crippen MR) is 199 cm³/mol. The lowest BCUT2D eigenvalue weighted by Crippen LogP contribution is -2.53. The molecule has 2 atom stereocenters. The number of esters is 4. The predicted octanol–water partition coefficient (Wildman–Crippen LogP) is 6.61. The first-order valence-corrected chi connectivity index (χ1v) is 19.5. The Morgan fingerprint density at radius 1 is 0.574 bits per heavy atom. The van der Waals surface area contributed by atoms with Crippen LogP contribution in [0.4, 0.5) is 0 Å². The van der Waals surface area contributed by atoms with Gasteiger partial charge < -0.3 is 28.4 Å². The largest absolute Gasteiger partial charge is 0.462 e. The lowest BCUT2D eigenvalue weighted by molar-refractivity contribution is -0.152. The van der Waals surface area contributed by atoms with Crippen LogP contribution in [0.25, 0.3) is 10.8 Å². The van der Waals surface area contributed by atoms with Crippen molar-refractivity contribution in [2.45, 2.75) is 115 Å². The van der Waals surface area contributed by atoms with Crippen LogP contribution in [-0.4, -0.2) is 74.2 Å². The maximum Gasteiger partial charge on any atom is 0.344 e. The molecule has 12 heteroatoms. The molecule has 2 fully saturated rings. The van der Waals surface area contributed by atoms with Gasteiger partial charge in [-0.15, -0.1) is 0 Å². The highest BCUT2D eigenvalue weighted by atomic mass is 16.6. The number of hydrogen-bond donors (Lipinski definition) is 0. The van der Waals surface area contributed by atoms with Crippen molar-refractivity contribution < 1.29 is 47.6 Å². The van der Waals surface area contributed by atoms with Gasteiger partial charge in [-0.1, -0.05) is 74.9 Å². The summed E-state index contributed by atoms with van der Waals surface area (Å²) in [7, 11) is 0. The molecule has 3 aliphatic carbocycles. The van der Waals surface area contributed by atoms with E-state index in [2.05, 4.69) is 0 Å². The highest BCUT2D eigenvalue weighted by Crippen LogP contribution is 2.67. The zero-order valence-corrected chi connectivity index (χ0v) is 31.5. The minimum atomic E-state index is -2.15. The van der Waals surface area contributed by atoms with E-state index < -0.39 is 35.1 Å². The first-order valence-electron chi connectivity index (χ1n) is 19.5. The second-order valence-corrected chi connectivity index (χ2v) is 14.1. The highest BCUT2D eigenvalue weighted by molar-refractivity contribution is 6.28. The first kappa shape index (κ1) is 37.3. The summed E-state index contributed by atoms with van der Waals surface area (Å²) in [6, 6.07) is 10.5. The monoisotopic (exact) mass is 740 g/mol. The average Bonchev–Trinajstić information content (AvgIpc) is 3.77. The first-order chi connectivity index (χ1) is 26.3. The maximum atomic E-state index is 14.8. The molecular formula is C42H48N2O10. The molecule has 286 valence electrons. The minimum Gasteiger partial charge on any atom is -0.462 e. The molecule has 0 bridgehead atoms. The zero-order valence-electron chi connectivity index (χ0n) is 31.5. The van der Waals surface area contributed by atoms with Crippen LogP contribution >= 0.6 is 0 Å². The van der Waals surface area contributed by atoms with Gasteiger partial charge in [0.15, 0.2) is 0 Å². The van der Waals surface area contributed by atoms with Gasteiger partial charge in [-0.3, -0.25) is 0 Å². The Hall–Kier alpha value is -5.00. The van der Waals surface area contributed by atoms with Crippen LogP contribution < -0.4 is 0 Å². The van der Waals surface area contributed by atoms with E-state index >= 15 is 0 Å². The molecule has 2 aromatic carbocycles. The van der Waals surface area contributed by atoms with E-state index in [1.165, 1.54) is 0 Å². The molecule has 5 aliphatic rings. The van der Waals surface area contributed by atoms with Crippen molar-refractivity contribution in [2.24, 2.45) is 9.98 Å². The van der Waals surface area contributed by atoms with E-state index in [1.807, 2.05) is 12.1 Å². The molecule has 0 radical (unpaired) electrons. The van der Waals surface area contributed by atoms with Crippen LogP contribution in [0.2, 0.25) is 0 Å². The summed E-state index contributed by atoms with van der Waals surface area (Å²) in [6.07, 6.45) is 8.87. The fourth-order valence-corrected chi connectivity index (χ4v) is 8.86. The van der Waals surface area contributed by atoms with Gasteiger partial charge in [0.05, 0.1) is 38.5 Å². The Balaban J connectivity index is 1.64. The summed E-state index contributed by atoms with van der Waals surface area (Å²) < 4.78 is 37.1. The van der Waals surface area contributed by atoms with Gasteiger partial charge in [0.1, 0.15) is 22.3 Å². The number of nitrogens with zero attached hydrogens (tertiary/aromatic N) is 2. The van der Waals surface area contributed by atoms with E-state index in [9.17, 15) is 19.2 Å². The van der Waals surface area contributed by atoms with Crippen LogP contribution in [0.5, 0.6) is 0 Å². The molecule has 54 heavy (non-hydrogen) atoms. The third-order valence-corrected chi connectivity index (χ3v) is 11.0. The summed E-state index contributed by atoms with van der Waals surface area (Å²) in [5.74, 6) is -3.69. The molecule has 2 aliphatic heterocycles. The van der Waals surface area contributed by atoms with Crippen LogP contribution in [0.1, 0.15) is 103 Å². The van der Waals surface area contributed by atoms with Crippen molar-refractivity contribution in [1.82, 2.24) is 0 Å². The van der Waals surface area contributed by atoms with Crippen LogP contribution in [0, 0.1) is 0 Å². The Bertz CT molecular complexity index is 1850.